The molecule has 70 valence electrons. The van der Waals surface area contributed by atoms with E-state index in [-0.39, 0.29) is 0 Å². The first kappa shape index (κ1) is 8.85. The predicted octanol–water partition coefficient (Wildman–Crippen LogP) is 1.34. The third-order valence-corrected chi connectivity index (χ3v) is 4.05. The number of hydrogen-bond donors (Lipinski definition) is 1. The van der Waals surface area contributed by atoms with Crippen molar-refractivity contribution in [3.05, 3.63) is 0 Å². The van der Waals surface area contributed by atoms with Gasteiger partial charge in [0, 0.05) is 12.6 Å². The molecule has 2 saturated heterocycles. The van der Waals surface area contributed by atoms with Gasteiger partial charge in [0.05, 0.1) is 0 Å². The third-order valence-electron chi connectivity index (χ3n) is 3.13. The second-order valence-electron chi connectivity index (χ2n) is 3.79. The summed E-state index contributed by atoms with van der Waals surface area (Å²) in [7, 11) is 0. The Hall–Kier alpha value is 0.270. The van der Waals surface area contributed by atoms with E-state index >= 15 is 0 Å². The van der Waals surface area contributed by atoms with E-state index in [1.54, 1.807) is 0 Å². The molecule has 0 amide bonds. The van der Waals surface area contributed by atoms with Crippen LogP contribution in [0.3, 0.4) is 0 Å². The summed E-state index contributed by atoms with van der Waals surface area (Å²) in [4.78, 5) is 0. The second kappa shape index (κ2) is 3.99. The van der Waals surface area contributed by atoms with Crippen molar-refractivity contribution in [2.24, 2.45) is 5.92 Å². The average molecular weight is 186 g/mol. The highest BCUT2D eigenvalue weighted by Gasteiger charge is 2.32. The van der Waals surface area contributed by atoms with Gasteiger partial charge in [-0.15, -0.1) is 0 Å². The van der Waals surface area contributed by atoms with Crippen molar-refractivity contribution in [2.45, 2.75) is 25.3 Å². The van der Waals surface area contributed by atoms with Crippen molar-refractivity contribution in [3.8, 4) is 0 Å². The van der Waals surface area contributed by atoms with E-state index in [2.05, 4.69) is 15.9 Å². The van der Waals surface area contributed by atoms with Gasteiger partial charge in [0.25, 0.3) is 0 Å². The Balaban J connectivity index is 1.99. The number of rotatable bonds is 1. The summed E-state index contributed by atoms with van der Waals surface area (Å²) in [5.74, 6) is 0.931. The van der Waals surface area contributed by atoms with E-state index < -0.39 is 0 Å². The number of nitrogens with one attached hydrogen (secondary N) is 1. The van der Waals surface area contributed by atoms with E-state index in [4.69, 9.17) is 0 Å². The van der Waals surface area contributed by atoms with Crippen molar-refractivity contribution >= 4 is 11.9 Å². The molecule has 2 fully saturated rings. The van der Waals surface area contributed by atoms with Gasteiger partial charge >= 0.3 is 0 Å². The molecule has 2 aliphatic rings. The van der Waals surface area contributed by atoms with E-state index in [1.165, 1.54) is 38.9 Å². The van der Waals surface area contributed by atoms with E-state index in [0.29, 0.717) is 0 Å². The summed E-state index contributed by atoms with van der Waals surface area (Å²) < 4.78 is 2.59. The van der Waals surface area contributed by atoms with Gasteiger partial charge in [0.2, 0.25) is 0 Å². The molecule has 2 heterocycles. The molecule has 2 aliphatic heterocycles. The van der Waals surface area contributed by atoms with E-state index in [1.807, 2.05) is 11.9 Å². The summed E-state index contributed by atoms with van der Waals surface area (Å²) in [5, 5.41) is 3.49. The van der Waals surface area contributed by atoms with Crippen molar-refractivity contribution in [3.63, 3.8) is 0 Å². The van der Waals surface area contributed by atoms with Gasteiger partial charge < -0.3 is 5.32 Å². The Morgan fingerprint density at radius 3 is 3.17 bits per heavy atom. The fourth-order valence-electron chi connectivity index (χ4n) is 2.48. The molecule has 12 heavy (non-hydrogen) atoms. The lowest BCUT2D eigenvalue weighted by Crippen LogP contribution is -2.50. The van der Waals surface area contributed by atoms with Crippen LogP contribution >= 0.6 is 11.9 Å². The number of hydrogen-bond acceptors (Lipinski definition) is 3. The Kier molecular flexibility index (Phi) is 2.94. The quantitative estimate of drug-likeness (QED) is 0.622. The standard InChI is InChI=1S/C9H18N2S/c1-12-11-6-2-3-8-7-10-5-4-9(8)11/h8-10H,2-7H2,1H3. The monoisotopic (exact) mass is 186 g/mol. The van der Waals surface area contributed by atoms with Gasteiger partial charge in [0.15, 0.2) is 0 Å². The first-order valence-corrected chi connectivity index (χ1v) is 6.11. The molecular formula is C9H18N2S. The molecule has 0 aromatic heterocycles. The molecule has 0 aromatic rings. The molecule has 0 aliphatic carbocycles. The molecule has 0 saturated carbocycles. The molecule has 3 heteroatoms. The normalized spacial score (nSPS) is 37.8. The first-order chi connectivity index (χ1) is 5.92. The van der Waals surface area contributed by atoms with Crippen LogP contribution in [-0.4, -0.2) is 36.2 Å². The van der Waals surface area contributed by atoms with Crippen molar-refractivity contribution in [1.29, 1.82) is 0 Å². The Morgan fingerprint density at radius 2 is 2.33 bits per heavy atom. The van der Waals surface area contributed by atoms with Crippen LogP contribution in [0.5, 0.6) is 0 Å². The van der Waals surface area contributed by atoms with Crippen LogP contribution < -0.4 is 5.32 Å². The maximum absolute atomic E-state index is 3.49. The largest absolute Gasteiger partial charge is 0.316 e. The zero-order valence-electron chi connectivity index (χ0n) is 7.75. The molecule has 1 N–H and O–H groups in total. The zero-order valence-corrected chi connectivity index (χ0v) is 8.57. The highest BCUT2D eigenvalue weighted by Crippen LogP contribution is 2.30. The molecule has 0 bridgehead atoms. The number of piperidine rings is 2. The average Bonchev–Trinajstić information content (AvgIpc) is 2.17. The van der Waals surface area contributed by atoms with Gasteiger partial charge in [-0.3, -0.25) is 0 Å². The van der Waals surface area contributed by atoms with Gasteiger partial charge in [0.1, 0.15) is 0 Å². The van der Waals surface area contributed by atoms with Crippen LogP contribution in [0.1, 0.15) is 19.3 Å². The summed E-state index contributed by atoms with van der Waals surface area (Å²) in [6.45, 7) is 3.78. The molecule has 2 unspecified atom stereocenters. The van der Waals surface area contributed by atoms with Crippen LogP contribution in [0.4, 0.5) is 0 Å². The fraction of sp³-hybridized carbons (Fsp3) is 1.00. The molecule has 0 spiro atoms. The van der Waals surface area contributed by atoms with Gasteiger partial charge in [-0.05, 0) is 44.5 Å². The molecule has 0 aromatic carbocycles. The number of fused-ring (bicyclic) bond motifs is 1. The fourth-order valence-corrected chi connectivity index (χ4v) is 3.34. The van der Waals surface area contributed by atoms with E-state index in [9.17, 15) is 0 Å². The van der Waals surface area contributed by atoms with Crippen molar-refractivity contribution in [1.82, 2.24) is 9.62 Å². The molecule has 2 atom stereocenters. The van der Waals surface area contributed by atoms with Crippen molar-refractivity contribution < 1.29 is 0 Å². The van der Waals surface area contributed by atoms with Crippen molar-refractivity contribution in [2.75, 3.05) is 25.9 Å². The van der Waals surface area contributed by atoms with Crippen LogP contribution in [0.2, 0.25) is 0 Å². The molecule has 0 radical (unpaired) electrons. The lowest BCUT2D eigenvalue weighted by molar-refractivity contribution is 0.151. The Morgan fingerprint density at radius 1 is 1.42 bits per heavy atom. The molecule has 2 nitrogen and oxygen atoms in total. The third kappa shape index (κ3) is 1.63. The number of nitrogens with zero attached hydrogens (tertiary/aromatic N) is 1. The zero-order chi connectivity index (χ0) is 8.39. The minimum atomic E-state index is 0.870. The maximum Gasteiger partial charge on any atom is 0.0254 e. The first-order valence-electron chi connectivity index (χ1n) is 4.93. The minimum Gasteiger partial charge on any atom is -0.316 e. The Bertz CT molecular complexity index is 143. The highest BCUT2D eigenvalue weighted by molar-refractivity contribution is 7.96. The van der Waals surface area contributed by atoms with Gasteiger partial charge in [-0.1, -0.05) is 11.9 Å². The summed E-state index contributed by atoms with van der Waals surface area (Å²) in [5.41, 5.74) is 0. The highest BCUT2D eigenvalue weighted by atomic mass is 32.2. The second-order valence-corrected chi connectivity index (χ2v) is 4.62. The minimum absolute atomic E-state index is 0.870. The lowest BCUT2D eigenvalue weighted by atomic mass is 9.86. The topological polar surface area (TPSA) is 15.3 Å². The van der Waals surface area contributed by atoms with Gasteiger partial charge in [-0.2, -0.15) is 0 Å². The van der Waals surface area contributed by atoms with Crippen LogP contribution in [0.15, 0.2) is 0 Å². The lowest BCUT2D eigenvalue weighted by Gasteiger charge is -2.42. The van der Waals surface area contributed by atoms with Gasteiger partial charge in [-0.25, -0.2) is 4.31 Å². The molecular weight excluding hydrogens is 168 g/mol. The van der Waals surface area contributed by atoms with Crippen LogP contribution in [0.25, 0.3) is 0 Å². The summed E-state index contributed by atoms with van der Waals surface area (Å²) >= 11 is 1.94. The molecule has 2 rings (SSSR count). The maximum atomic E-state index is 3.49. The van der Waals surface area contributed by atoms with Crippen LogP contribution in [0, 0.1) is 5.92 Å². The summed E-state index contributed by atoms with van der Waals surface area (Å²) in [6.07, 6.45) is 6.40. The van der Waals surface area contributed by atoms with E-state index in [0.717, 1.165) is 12.0 Å². The Labute approximate surface area is 79.2 Å². The smallest absolute Gasteiger partial charge is 0.0254 e. The van der Waals surface area contributed by atoms with Crippen LogP contribution in [-0.2, 0) is 0 Å². The predicted molar refractivity (Wildman–Crippen MR) is 54.2 cm³/mol. The SMILES string of the molecule is CSN1CCCC2CNCCC21. The summed E-state index contributed by atoms with van der Waals surface area (Å²) in [6, 6.07) is 0.870.